The van der Waals surface area contributed by atoms with Crippen molar-refractivity contribution in [1.82, 2.24) is 4.67 Å². The molecule has 62 heavy (non-hydrogen) atoms. The van der Waals surface area contributed by atoms with E-state index in [4.69, 9.17) is 23.3 Å². The first-order valence-corrected chi connectivity index (χ1v) is 22.2. The molecule has 1 aliphatic carbocycles. The summed E-state index contributed by atoms with van der Waals surface area (Å²) in [7, 11) is 1.83. The molecule has 2 N–H and O–H groups in total. The Bertz CT molecular complexity index is 2280. The molecule has 6 rings (SSSR count). The van der Waals surface area contributed by atoms with Crippen LogP contribution in [0, 0.1) is 11.3 Å². The molecule has 0 radical (unpaired) electrons. The van der Waals surface area contributed by atoms with Crippen molar-refractivity contribution in [2.75, 3.05) is 57.8 Å². The maximum absolute atomic E-state index is 14.2. The van der Waals surface area contributed by atoms with Crippen molar-refractivity contribution in [1.29, 1.82) is 5.26 Å². The van der Waals surface area contributed by atoms with Crippen molar-refractivity contribution in [2.45, 2.75) is 64.6 Å². The van der Waals surface area contributed by atoms with Gasteiger partial charge in [0, 0.05) is 41.6 Å². The zero-order valence-electron chi connectivity index (χ0n) is 36.7. The quantitative estimate of drug-likeness (QED) is 0.0384. The van der Waals surface area contributed by atoms with Gasteiger partial charge in [-0.15, -0.1) is 0 Å². The van der Waals surface area contributed by atoms with Crippen molar-refractivity contribution in [2.24, 2.45) is 0 Å². The number of nitrogens with one attached hydrogen (secondary N) is 2. The second kappa shape index (κ2) is 21.0. The van der Waals surface area contributed by atoms with Gasteiger partial charge in [0.25, 0.3) is 8.53 Å². The fourth-order valence-corrected chi connectivity index (χ4v) is 9.59. The number of ketones is 2. The summed E-state index contributed by atoms with van der Waals surface area (Å²) in [6, 6.07) is 39.1. The van der Waals surface area contributed by atoms with E-state index < -0.39 is 19.7 Å². The van der Waals surface area contributed by atoms with Gasteiger partial charge in [-0.1, -0.05) is 78.9 Å². The molecule has 0 bridgehead atoms. The average Bonchev–Trinajstić information content (AvgIpc) is 3.29. The molecule has 0 amide bonds. The van der Waals surface area contributed by atoms with Gasteiger partial charge >= 0.3 is 0 Å². The van der Waals surface area contributed by atoms with E-state index in [2.05, 4.69) is 28.8 Å². The molecule has 0 saturated carbocycles. The number of methoxy groups -OCH3 is 2. The van der Waals surface area contributed by atoms with Gasteiger partial charge in [0.15, 0.2) is 11.6 Å². The molecule has 11 nitrogen and oxygen atoms in total. The van der Waals surface area contributed by atoms with Crippen molar-refractivity contribution >= 4 is 31.5 Å². The second-order valence-corrected chi connectivity index (χ2v) is 17.0. The van der Waals surface area contributed by atoms with E-state index in [0.29, 0.717) is 79.4 Å². The van der Waals surface area contributed by atoms with Gasteiger partial charge in [0.2, 0.25) is 0 Å². The smallest absolute Gasteiger partial charge is 0.260 e. The molecule has 5 aromatic carbocycles. The lowest BCUT2D eigenvalue weighted by Gasteiger charge is -2.39. The Morgan fingerprint density at radius 1 is 0.661 bits per heavy atom. The van der Waals surface area contributed by atoms with Crippen LogP contribution in [0.2, 0.25) is 0 Å². The predicted molar refractivity (Wildman–Crippen MR) is 245 cm³/mol. The van der Waals surface area contributed by atoms with Crippen LogP contribution in [0.15, 0.2) is 115 Å². The summed E-state index contributed by atoms with van der Waals surface area (Å²) in [5.74, 6) is 1.07. The third-order valence-corrected chi connectivity index (χ3v) is 13.0. The molecule has 0 saturated heterocycles. The zero-order chi connectivity index (χ0) is 44.3. The van der Waals surface area contributed by atoms with E-state index in [0.717, 1.165) is 28.2 Å². The normalized spacial score (nSPS) is 13.0. The van der Waals surface area contributed by atoms with Gasteiger partial charge in [-0.25, -0.2) is 4.67 Å². The summed E-state index contributed by atoms with van der Waals surface area (Å²) in [5, 5.41) is 16.7. The van der Waals surface area contributed by atoms with Crippen LogP contribution in [0.25, 0.3) is 0 Å². The number of rotatable bonds is 22. The highest BCUT2D eigenvalue weighted by Gasteiger charge is 2.39. The van der Waals surface area contributed by atoms with E-state index in [1.54, 1.807) is 38.5 Å². The number of nitrogens with zero attached hydrogens (tertiary/aromatic N) is 2. The Hall–Kier alpha value is -5.60. The first-order valence-electron chi connectivity index (χ1n) is 21.1. The maximum atomic E-state index is 14.2. The van der Waals surface area contributed by atoms with Crippen LogP contribution in [-0.4, -0.2) is 74.9 Å². The van der Waals surface area contributed by atoms with Crippen LogP contribution in [0.1, 0.15) is 96.0 Å². The minimum Gasteiger partial charge on any atom is -0.497 e. The molecule has 0 aromatic heterocycles. The number of nitriles is 1. The second-order valence-electron chi connectivity index (χ2n) is 15.6. The summed E-state index contributed by atoms with van der Waals surface area (Å²) < 4.78 is 32.2. The first kappa shape index (κ1) is 45.9. The molecule has 1 unspecified atom stereocenters. The molecule has 0 fully saturated rings. The van der Waals surface area contributed by atoms with Crippen LogP contribution < -0.4 is 20.1 Å². The molecule has 0 spiro atoms. The monoisotopic (exact) mass is 856 g/mol. The Labute approximate surface area is 367 Å². The number of benzene rings is 5. The summed E-state index contributed by atoms with van der Waals surface area (Å²) in [5.41, 5.74) is 3.78. The summed E-state index contributed by atoms with van der Waals surface area (Å²) in [4.78, 5) is 28.4. The topological polar surface area (TPSA) is 131 Å². The fourth-order valence-electron chi connectivity index (χ4n) is 7.93. The molecule has 0 heterocycles. The number of carbonyl (C=O) groups is 2. The molecular formula is C50H57N4O7P. The van der Waals surface area contributed by atoms with Gasteiger partial charge < -0.3 is 33.9 Å². The van der Waals surface area contributed by atoms with E-state index in [1.165, 1.54) is 0 Å². The molecule has 1 aliphatic rings. The lowest BCUT2D eigenvalue weighted by atomic mass is 9.80. The summed E-state index contributed by atoms with van der Waals surface area (Å²) in [6.45, 7) is 11.9. The number of hydrogen-bond acceptors (Lipinski definition) is 11. The van der Waals surface area contributed by atoms with Gasteiger partial charge in [-0.3, -0.25) is 9.59 Å². The Balaban J connectivity index is 1.14. The van der Waals surface area contributed by atoms with E-state index in [-0.39, 0.29) is 17.6 Å². The number of fused-ring (bicyclic) bond motifs is 2. The minimum atomic E-state index is -1.46. The number of carbonyl (C=O) groups excluding carboxylic acids is 2. The first-order chi connectivity index (χ1) is 30.0. The van der Waals surface area contributed by atoms with Crippen molar-refractivity contribution < 1.29 is 32.8 Å². The van der Waals surface area contributed by atoms with Gasteiger partial charge in [-0.05, 0) is 101 Å². The highest BCUT2D eigenvalue weighted by Crippen LogP contribution is 2.49. The van der Waals surface area contributed by atoms with Gasteiger partial charge in [0.05, 0.1) is 51.2 Å². The van der Waals surface area contributed by atoms with E-state index in [9.17, 15) is 14.9 Å². The zero-order valence-corrected chi connectivity index (χ0v) is 37.6. The lowest BCUT2D eigenvalue weighted by Crippen LogP contribution is -2.44. The molecule has 12 heteroatoms. The highest BCUT2D eigenvalue weighted by molar-refractivity contribution is 7.44. The minimum absolute atomic E-state index is 0.0362. The van der Waals surface area contributed by atoms with E-state index in [1.807, 2.05) is 118 Å². The number of anilines is 2. The van der Waals surface area contributed by atoms with Gasteiger partial charge in [0.1, 0.15) is 22.6 Å². The Kier molecular flexibility index (Phi) is 15.5. The van der Waals surface area contributed by atoms with Crippen molar-refractivity contribution in [3.05, 3.63) is 154 Å². The van der Waals surface area contributed by atoms with Gasteiger partial charge in [-0.2, -0.15) is 5.26 Å². The average molecular weight is 857 g/mol. The van der Waals surface area contributed by atoms with Crippen LogP contribution in [-0.2, 0) is 19.4 Å². The summed E-state index contributed by atoms with van der Waals surface area (Å²) in [6.07, 6.45) is 1.21. The molecule has 324 valence electrons. The third-order valence-electron chi connectivity index (χ3n) is 10.8. The lowest BCUT2D eigenvalue weighted by molar-refractivity contribution is 0.0127. The van der Waals surface area contributed by atoms with Crippen molar-refractivity contribution in [3.63, 3.8) is 0 Å². The standard InChI is InChI=1S/C50H57N4O7P/c1-8-60-62(54(35(2)3)49(4,5)34-51)61-33-15-31-53-44-21-13-19-42-46(44)48(56)41-18-12-20-43(45(41)47(42)55)52-30-14-32-59-50(36-16-10-9-11-17-36,37-22-26-39(57-6)27-23-37)38-24-28-40(58-7)29-25-38/h9-13,16-29,35,52-53H,8,14-15,30-33H2,1-7H3. The van der Waals surface area contributed by atoms with Crippen LogP contribution in [0.4, 0.5) is 11.4 Å². The predicted octanol–water partition coefficient (Wildman–Crippen LogP) is 10.4. The highest BCUT2D eigenvalue weighted by atomic mass is 31.2. The largest absolute Gasteiger partial charge is 0.497 e. The third kappa shape index (κ3) is 9.86. The Morgan fingerprint density at radius 2 is 1.15 bits per heavy atom. The maximum Gasteiger partial charge on any atom is 0.260 e. The SMILES string of the molecule is CCOP(OCCCNc1cccc2c1C(=O)c1cccc(NCCCOC(c3ccccc3)(c3ccc(OC)cc3)c3ccc(OC)cc3)c1C2=O)N(C(C)C)C(C)(C)C#N. The van der Waals surface area contributed by atoms with Crippen LogP contribution in [0.3, 0.4) is 0 Å². The van der Waals surface area contributed by atoms with Crippen LogP contribution >= 0.6 is 8.53 Å². The fraction of sp³-hybridized carbons (Fsp3) is 0.340. The Morgan fingerprint density at radius 3 is 1.60 bits per heavy atom. The summed E-state index contributed by atoms with van der Waals surface area (Å²) >= 11 is 0. The molecular weight excluding hydrogens is 800 g/mol. The van der Waals surface area contributed by atoms with E-state index >= 15 is 0 Å². The van der Waals surface area contributed by atoms with Crippen LogP contribution in [0.5, 0.6) is 11.5 Å². The van der Waals surface area contributed by atoms with Crippen molar-refractivity contribution in [3.8, 4) is 17.6 Å². The molecule has 0 aliphatic heterocycles. The number of hydrogen-bond donors (Lipinski definition) is 2. The molecule has 1 atom stereocenters. The number of ether oxygens (including phenoxy) is 3. The molecule has 5 aromatic rings.